The van der Waals surface area contributed by atoms with E-state index in [4.69, 9.17) is 13.6 Å². The number of aryl methyl sites for hydroxylation is 2. The van der Waals surface area contributed by atoms with Crippen LogP contribution in [-0.2, 0) is 32.2 Å². The first kappa shape index (κ1) is 118. The fraction of sp³-hybridized carbons (Fsp3) is 0.405. The van der Waals surface area contributed by atoms with Crippen LogP contribution in [0.25, 0.3) is 65.0 Å². The number of aromatic amines is 1. The summed E-state index contributed by atoms with van der Waals surface area (Å²) >= 11 is 1.68. The minimum absolute atomic E-state index is 0.644. The van der Waals surface area contributed by atoms with Crippen LogP contribution in [0, 0.1) is 59.2 Å². The minimum Gasteiger partial charge on any atom is -0.491 e. The second-order valence-electron chi connectivity index (χ2n) is 37.9. The van der Waals surface area contributed by atoms with E-state index in [0.29, 0.717) is 5.71 Å². The Balaban J connectivity index is 0.000000703. The maximum absolute atomic E-state index is 5.24. The summed E-state index contributed by atoms with van der Waals surface area (Å²) in [6.45, 7) is 66.6. The lowest BCUT2D eigenvalue weighted by atomic mass is 10.2. The number of aliphatic imine (C=N–C) groups is 2. The van der Waals surface area contributed by atoms with Crippen LogP contribution in [0.15, 0.2) is 305 Å². The smallest absolute Gasteiger partial charge is 0.228 e. The van der Waals surface area contributed by atoms with Crippen molar-refractivity contribution in [2.45, 2.75) is 246 Å². The van der Waals surface area contributed by atoms with Gasteiger partial charge in [-0.25, -0.2) is 19.9 Å². The van der Waals surface area contributed by atoms with Crippen LogP contribution in [0.5, 0.6) is 5.75 Å². The molecular formula is C116H164N12O3S. The first-order valence-electron chi connectivity index (χ1n) is 47.3. The average Bonchev–Trinajstić information content (AvgIpc) is 1.67. The molecule has 0 unspecified atom stereocenters. The zero-order valence-corrected chi connectivity index (χ0v) is 86.9. The van der Waals surface area contributed by atoms with Crippen LogP contribution < -0.4 is 4.74 Å². The molecule has 712 valence electrons. The van der Waals surface area contributed by atoms with Crippen molar-refractivity contribution < 1.29 is 13.6 Å². The lowest BCUT2D eigenvalue weighted by Crippen LogP contribution is -1.85. The Bertz CT molecular complexity index is 4620. The lowest BCUT2D eigenvalue weighted by Gasteiger charge is -1.92. The van der Waals surface area contributed by atoms with Gasteiger partial charge in [0.25, 0.3) is 0 Å². The summed E-state index contributed by atoms with van der Waals surface area (Å²) in [5.74, 6) is 9.29. The van der Waals surface area contributed by atoms with Gasteiger partial charge in [-0.3, -0.25) is 34.9 Å². The molecule has 13 heterocycles. The van der Waals surface area contributed by atoms with Crippen molar-refractivity contribution in [1.82, 2.24) is 49.8 Å². The van der Waals surface area contributed by atoms with Gasteiger partial charge in [-0.15, -0.1) is 11.3 Å². The zero-order valence-electron chi connectivity index (χ0n) is 86.1. The number of ether oxygens (including phenoxy) is 1. The van der Waals surface area contributed by atoms with Crippen molar-refractivity contribution in [3.05, 3.63) is 320 Å². The number of rotatable bonds is 0. The summed E-state index contributed by atoms with van der Waals surface area (Å²) in [5, 5.41) is 5.86. The van der Waals surface area contributed by atoms with Gasteiger partial charge in [0.1, 0.15) is 17.6 Å². The van der Waals surface area contributed by atoms with E-state index >= 15 is 0 Å². The van der Waals surface area contributed by atoms with Crippen molar-refractivity contribution in [2.75, 3.05) is 6.61 Å². The Morgan fingerprint density at radius 3 is 1.42 bits per heavy atom. The van der Waals surface area contributed by atoms with Gasteiger partial charge >= 0.3 is 0 Å². The minimum atomic E-state index is 0.644. The number of fused-ring (bicyclic) bond motifs is 10. The predicted octanol–water partition coefficient (Wildman–Crippen LogP) is 34.2. The topological polar surface area (TPSA) is 192 Å². The molecular weight excluding hydrogens is 1640 g/mol. The molecule has 16 aromatic rings. The van der Waals surface area contributed by atoms with Crippen LogP contribution in [0.4, 0.5) is 5.69 Å². The summed E-state index contributed by atoms with van der Waals surface area (Å²) in [5.41, 5.74) is 16.4. The standard InChI is InChI=1S/2C9H7N.C8H9N.2C8H7N.C7H6N2.C7H7NO.C7H5NO.C7H5NS.C6H4N2O.10C4H10/c1-2-6-9-8(4-1)5-3-7-10-9;1-2-4-9-7-10-6-5-8(9)3-1;1-3-7-4-2-6-9-8(7)5-1;2*1-2-4-8-7(3-1)5-6-9-8;1-2-6-4-8-5-7(6)9-3-1;1-3-8-5-7-6(1)2-4-9-7;2*1-2-4-7-6(3-1)8-5-9-7;1-2-9-6-5(1)3-7-4-8-6;10*1-4(2)3/h2*1-7H;2,4,6H,1,3,5H2;1-4,6H,5H2;1-6,9H;1-3,5H,4H2;1,3,5H,2,4H2;2*1-5H;1-4H;10*4H,1-3H3. The van der Waals surface area contributed by atoms with Gasteiger partial charge in [-0.05, 0) is 191 Å². The molecule has 132 heavy (non-hydrogen) atoms. The fourth-order valence-corrected chi connectivity index (χ4v) is 10.4. The van der Waals surface area contributed by atoms with Crippen LogP contribution >= 0.6 is 11.3 Å². The third kappa shape index (κ3) is 63.3. The van der Waals surface area contributed by atoms with Crippen molar-refractivity contribution >= 4 is 94.4 Å². The van der Waals surface area contributed by atoms with Crippen molar-refractivity contribution in [2.24, 2.45) is 69.2 Å². The number of benzene rings is 6. The molecule has 0 fully saturated rings. The summed E-state index contributed by atoms with van der Waals surface area (Å²) in [6.07, 6.45) is 30.4. The monoisotopic (exact) mass is 1810 g/mol. The van der Waals surface area contributed by atoms with Crippen molar-refractivity contribution in [3.8, 4) is 5.75 Å². The van der Waals surface area contributed by atoms with E-state index in [-0.39, 0.29) is 0 Å². The molecule has 0 saturated heterocycles. The molecule has 16 heteroatoms. The van der Waals surface area contributed by atoms with Gasteiger partial charge in [0, 0.05) is 103 Å². The Morgan fingerprint density at radius 1 is 0.348 bits per heavy atom. The molecule has 0 spiro atoms. The number of furan rings is 1. The van der Waals surface area contributed by atoms with E-state index in [0.717, 1.165) is 130 Å². The molecule has 6 aromatic carbocycles. The van der Waals surface area contributed by atoms with Crippen molar-refractivity contribution in [1.29, 1.82) is 0 Å². The molecule has 3 aliphatic heterocycles. The predicted molar refractivity (Wildman–Crippen MR) is 576 cm³/mol. The van der Waals surface area contributed by atoms with Crippen LogP contribution in [-0.4, -0.2) is 68.9 Å². The highest BCUT2D eigenvalue weighted by Crippen LogP contribution is 2.24. The first-order chi connectivity index (χ1) is 63.0. The van der Waals surface area contributed by atoms with Crippen LogP contribution in [0.2, 0.25) is 0 Å². The van der Waals surface area contributed by atoms with E-state index in [1.807, 2.05) is 188 Å². The second-order valence-corrected chi connectivity index (χ2v) is 38.7. The molecule has 0 amide bonds. The second kappa shape index (κ2) is 73.9. The third-order valence-corrected chi connectivity index (χ3v) is 15.2. The van der Waals surface area contributed by atoms with E-state index < -0.39 is 0 Å². The van der Waals surface area contributed by atoms with Gasteiger partial charge in [-0.2, -0.15) is 0 Å². The Kier molecular flexibility index (Phi) is 66.2. The summed E-state index contributed by atoms with van der Waals surface area (Å²) in [6, 6.07) is 68.6. The molecule has 0 atom stereocenters. The van der Waals surface area contributed by atoms with E-state index in [9.17, 15) is 0 Å². The normalized spacial score (nSPS) is 11.0. The SMILES string of the molecule is C1=NCc2cccnc21.C1=Nc2ccccc2C1.CC(C)C.CC(C)C.CC(C)C.CC(C)C.CC(C)C.CC(C)C.CC(C)C.CC(C)C.CC(C)C.CC(C)C.c1cc2c(cn1)OCC2.c1ccc2[nH]ccc2c1.c1ccc2cnccc2c1.c1ccc2ncccc2c1.c1ccc2ocnc2c1.c1ccc2scnc2c1.c1cnc2c(c1)CCC2.c1ncc2ccoc2n1. The number of oxazole rings is 1. The number of para-hydroxylation sites is 6. The van der Waals surface area contributed by atoms with Gasteiger partial charge in [0.2, 0.25) is 5.71 Å². The number of hydrogen-bond donors (Lipinski definition) is 1. The molecule has 1 N–H and O–H groups in total. The van der Waals surface area contributed by atoms with E-state index in [2.05, 4.69) is 334 Å². The maximum Gasteiger partial charge on any atom is 0.228 e. The third-order valence-electron chi connectivity index (χ3n) is 14.4. The maximum atomic E-state index is 5.24. The number of H-pyrrole nitrogens is 1. The first-order valence-corrected chi connectivity index (χ1v) is 48.2. The summed E-state index contributed by atoms with van der Waals surface area (Å²) < 4.78 is 16.5. The Morgan fingerprint density at radius 2 is 0.848 bits per heavy atom. The van der Waals surface area contributed by atoms with Gasteiger partial charge < -0.3 is 18.6 Å². The average molecular weight is 1810 g/mol. The number of hydrogen-bond acceptors (Lipinski definition) is 15. The summed E-state index contributed by atoms with van der Waals surface area (Å²) in [7, 11) is 0. The highest BCUT2D eigenvalue weighted by atomic mass is 32.1. The number of nitrogens with one attached hydrogen (secondary N) is 1. The van der Waals surface area contributed by atoms with Gasteiger partial charge in [0.05, 0.1) is 63.6 Å². The van der Waals surface area contributed by atoms with E-state index in [1.54, 1.807) is 42.4 Å². The largest absolute Gasteiger partial charge is 0.491 e. The molecule has 10 aromatic heterocycles. The highest BCUT2D eigenvalue weighted by molar-refractivity contribution is 7.16. The van der Waals surface area contributed by atoms with Gasteiger partial charge in [0.15, 0.2) is 12.0 Å². The quantitative estimate of drug-likeness (QED) is 0.151. The number of pyridine rings is 5. The molecule has 0 saturated carbocycles. The van der Waals surface area contributed by atoms with Crippen molar-refractivity contribution in [3.63, 3.8) is 0 Å². The fourth-order valence-electron chi connectivity index (χ4n) is 9.73. The number of aromatic nitrogens is 10. The number of nitrogens with zero attached hydrogens (tertiary/aromatic N) is 11. The number of thiazole rings is 1. The Labute approximate surface area is 800 Å². The Hall–Kier alpha value is -11.8. The molecule has 1 aliphatic carbocycles. The summed E-state index contributed by atoms with van der Waals surface area (Å²) in [4.78, 5) is 47.6. The van der Waals surface area contributed by atoms with Gasteiger partial charge in [-0.1, -0.05) is 329 Å². The molecule has 4 aliphatic rings. The molecule has 0 bridgehead atoms. The van der Waals surface area contributed by atoms with Crippen LogP contribution in [0.3, 0.4) is 0 Å². The van der Waals surface area contributed by atoms with Crippen LogP contribution in [0.1, 0.15) is 248 Å². The van der Waals surface area contributed by atoms with E-state index in [1.165, 1.54) is 91.7 Å². The molecule has 0 radical (unpaired) electrons. The molecule has 15 nitrogen and oxygen atoms in total. The zero-order chi connectivity index (χ0) is 98.2. The molecule has 20 rings (SSSR count). The highest BCUT2D eigenvalue weighted by Gasteiger charge is 2.11. The lowest BCUT2D eigenvalue weighted by molar-refractivity contribution is 0.355.